The third kappa shape index (κ3) is 10.8. The number of hydrogen-bond donors (Lipinski definition) is 1. The molecule has 0 aliphatic rings. The predicted octanol–water partition coefficient (Wildman–Crippen LogP) is 7.93. The molecule has 4 heteroatoms. The first-order chi connectivity index (χ1) is 16.3. The van der Waals surface area contributed by atoms with Crippen LogP contribution in [0, 0.1) is 5.92 Å². The van der Waals surface area contributed by atoms with Crippen molar-refractivity contribution in [3.63, 3.8) is 0 Å². The monoisotopic (exact) mass is 480 g/mol. The Hall–Kier alpha value is -2.91. The smallest absolute Gasteiger partial charge is 0.216 e. The maximum absolute atomic E-state index is 9.70. The van der Waals surface area contributed by atoms with Gasteiger partial charge in [0.1, 0.15) is 0 Å². The molecular weight excluding hydrogens is 440 g/mol. The SMILES string of the molecule is C/C=C\C(=C/CC)c1ccc(C(=NC)c2ccc(Cl)cc2)c(CC(C)C)c1.C=C.CNC(C)=O. The molecule has 0 saturated heterocycles. The first-order valence-electron chi connectivity index (χ1n) is 11.6. The van der Waals surface area contributed by atoms with Crippen LogP contribution < -0.4 is 5.32 Å². The molecule has 0 saturated carbocycles. The average Bonchev–Trinajstić information content (AvgIpc) is 2.82. The molecule has 1 amide bonds. The lowest BCUT2D eigenvalue weighted by atomic mass is 9.89. The van der Waals surface area contributed by atoms with Gasteiger partial charge in [-0.05, 0) is 54.5 Å². The Morgan fingerprint density at radius 1 is 1.12 bits per heavy atom. The van der Waals surface area contributed by atoms with Crippen LogP contribution in [-0.4, -0.2) is 25.7 Å². The number of hydrogen-bond acceptors (Lipinski definition) is 2. The number of amides is 1. The number of carbonyl (C=O) groups is 1. The standard InChI is InChI=1S/C25H30ClN.C3H7NO.C2H4/c1-6-8-19(9-7-2)21-12-15-24(22(17-21)16-18(3)4)25(27-5)20-10-13-23(26)14-11-20;1-3(5)4-2;1-2/h6,8-15,17-18H,7,16H2,1-5H3;1-2H3,(H,4,5);1-2H2/b8-6-,19-9+,27-25?;;. The van der Waals surface area contributed by atoms with Gasteiger partial charge in [-0.25, -0.2) is 0 Å². The number of nitrogens with zero attached hydrogens (tertiary/aromatic N) is 1. The van der Waals surface area contributed by atoms with Gasteiger partial charge in [-0.3, -0.25) is 9.79 Å². The third-order valence-electron chi connectivity index (χ3n) is 4.79. The summed E-state index contributed by atoms with van der Waals surface area (Å²) in [6, 6.07) is 14.7. The van der Waals surface area contributed by atoms with Gasteiger partial charge in [0, 0.05) is 37.2 Å². The summed E-state index contributed by atoms with van der Waals surface area (Å²) in [6.45, 7) is 16.2. The molecule has 2 aromatic rings. The van der Waals surface area contributed by atoms with Crippen molar-refractivity contribution >= 4 is 28.8 Å². The molecule has 0 unspecified atom stereocenters. The molecule has 0 aliphatic carbocycles. The van der Waals surface area contributed by atoms with Crippen molar-refractivity contribution in [3.05, 3.63) is 101 Å². The van der Waals surface area contributed by atoms with E-state index in [-0.39, 0.29) is 5.91 Å². The molecule has 0 bridgehead atoms. The summed E-state index contributed by atoms with van der Waals surface area (Å²) in [5.74, 6) is 0.577. The van der Waals surface area contributed by atoms with Crippen LogP contribution >= 0.6 is 11.6 Å². The van der Waals surface area contributed by atoms with Gasteiger partial charge in [0.2, 0.25) is 5.91 Å². The van der Waals surface area contributed by atoms with Gasteiger partial charge in [0.15, 0.2) is 0 Å². The van der Waals surface area contributed by atoms with Crippen molar-refractivity contribution in [2.75, 3.05) is 14.1 Å². The highest BCUT2D eigenvalue weighted by Crippen LogP contribution is 2.25. The van der Waals surface area contributed by atoms with Gasteiger partial charge in [-0.1, -0.05) is 80.9 Å². The summed E-state index contributed by atoms with van der Waals surface area (Å²) >= 11 is 6.07. The number of halogens is 1. The Balaban J connectivity index is 0.00000138. The average molecular weight is 481 g/mol. The summed E-state index contributed by atoms with van der Waals surface area (Å²) in [4.78, 5) is 14.3. The largest absolute Gasteiger partial charge is 0.359 e. The number of benzene rings is 2. The summed E-state index contributed by atoms with van der Waals surface area (Å²) in [5, 5.41) is 3.13. The van der Waals surface area contributed by atoms with E-state index in [4.69, 9.17) is 11.6 Å². The van der Waals surface area contributed by atoms with Crippen molar-refractivity contribution < 1.29 is 4.79 Å². The molecule has 0 radical (unpaired) electrons. The van der Waals surface area contributed by atoms with Gasteiger partial charge in [-0.2, -0.15) is 0 Å². The molecule has 0 atom stereocenters. The number of allylic oxidation sites excluding steroid dienone is 4. The van der Waals surface area contributed by atoms with E-state index in [1.165, 1.54) is 29.2 Å². The van der Waals surface area contributed by atoms with Crippen molar-refractivity contribution in [1.82, 2.24) is 5.32 Å². The molecule has 2 rings (SSSR count). The molecule has 1 N–H and O–H groups in total. The number of carbonyl (C=O) groups excluding carboxylic acids is 1. The van der Waals surface area contributed by atoms with Crippen LogP contribution in [-0.2, 0) is 11.2 Å². The van der Waals surface area contributed by atoms with Crippen LogP contribution in [0.2, 0.25) is 5.02 Å². The Bertz CT molecular complexity index is 970. The fourth-order valence-electron chi connectivity index (χ4n) is 3.31. The van der Waals surface area contributed by atoms with Crippen LogP contribution in [0.3, 0.4) is 0 Å². The van der Waals surface area contributed by atoms with Crippen molar-refractivity contribution in [2.45, 2.75) is 47.5 Å². The minimum atomic E-state index is 0.00463. The Kier molecular flexibility index (Phi) is 16.0. The molecule has 0 fully saturated rings. The van der Waals surface area contributed by atoms with Crippen molar-refractivity contribution in [3.8, 4) is 0 Å². The first-order valence-corrected chi connectivity index (χ1v) is 12.0. The van der Waals surface area contributed by atoms with Gasteiger partial charge in [0.25, 0.3) is 0 Å². The van der Waals surface area contributed by atoms with E-state index in [1.54, 1.807) is 7.05 Å². The Morgan fingerprint density at radius 2 is 1.68 bits per heavy atom. The molecular formula is C30H41ClN2O. The second kappa shape index (κ2) is 17.6. The molecule has 0 spiro atoms. The molecule has 0 heterocycles. The summed E-state index contributed by atoms with van der Waals surface area (Å²) < 4.78 is 0. The molecule has 184 valence electrons. The topological polar surface area (TPSA) is 41.5 Å². The van der Waals surface area contributed by atoms with E-state index in [2.05, 4.69) is 87.6 Å². The first kappa shape index (κ1) is 31.1. The quantitative estimate of drug-likeness (QED) is 0.244. The van der Waals surface area contributed by atoms with E-state index >= 15 is 0 Å². The normalized spacial score (nSPS) is 11.4. The fraction of sp³-hybridized carbons (Fsp3) is 0.333. The Labute approximate surface area is 212 Å². The minimum absolute atomic E-state index is 0.00463. The fourth-order valence-corrected chi connectivity index (χ4v) is 3.43. The zero-order valence-corrected chi connectivity index (χ0v) is 22.7. The van der Waals surface area contributed by atoms with Crippen LogP contribution in [0.25, 0.3) is 5.57 Å². The zero-order valence-electron chi connectivity index (χ0n) is 21.9. The van der Waals surface area contributed by atoms with Gasteiger partial charge >= 0.3 is 0 Å². The van der Waals surface area contributed by atoms with Gasteiger partial charge in [-0.15, -0.1) is 13.2 Å². The maximum Gasteiger partial charge on any atom is 0.216 e. The van der Waals surface area contributed by atoms with E-state index in [0.29, 0.717) is 5.92 Å². The summed E-state index contributed by atoms with van der Waals surface area (Å²) in [5.41, 5.74) is 7.19. The van der Waals surface area contributed by atoms with Crippen molar-refractivity contribution in [2.24, 2.45) is 10.9 Å². The number of aliphatic imine (C=N–C) groups is 1. The van der Waals surface area contributed by atoms with Crippen molar-refractivity contribution in [1.29, 1.82) is 0 Å². The van der Waals surface area contributed by atoms with Crippen LogP contribution in [0.15, 0.2) is 78.8 Å². The lowest BCUT2D eigenvalue weighted by Gasteiger charge is -2.16. The minimum Gasteiger partial charge on any atom is -0.359 e. The van der Waals surface area contributed by atoms with Crippen LogP contribution in [0.1, 0.15) is 63.3 Å². The molecule has 3 nitrogen and oxygen atoms in total. The lowest BCUT2D eigenvalue weighted by Crippen LogP contribution is -2.11. The molecule has 0 aliphatic heterocycles. The zero-order chi connectivity index (χ0) is 26.1. The van der Waals surface area contributed by atoms with E-state index in [0.717, 1.165) is 29.1 Å². The third-order valence-corrected chi connectivity index (χ3v) is 5.04. The highest BCUT2D eigenvalue weighted by Gasteiger charge is 2.14. The maximum atomic E-state index is 9.70. The van der Waals surface area contributed by atoms with E-state index in [1.807, 2.05) is 31.3 Å². The molecule has 0 aromatic heterocycles. The second-order valence-corrected chi connectivity index (χ2v) is 8.36. The van der Waals surface area contributed by atoms with E-state index in [9.17, 15) is 4.79 Å². The molecule has 2 aromatic carbocycles. The number of rotatable bonds is 7. The van der Waals surface area contributed by atoms with Gasteiger partial charge in [0.05, 0.1) is 5.71 Å². The highest BCUT2D eigenvalue weighted by atomic mass is 35.5. The number of nitrogens with one attached hydrogen (secondary N) is 1. The summed E-state index contributed by atoms with van der Waals surface area (Å²) in [6.07, 6.45) is 8.61. The van der Waals surface area contributed by atoms with E-state index < -0.39 is 0 Å². The van der Waals surface area contributed by atoms with Crippen LogP contribution in [0.5, 0.6) is 0 Å². The summed E-state index contributed by atoms with van der Waals surface area (Å²) in [7, 11) is 3.46. The lowest BCUT2D eigenvalue weighted by molar-refractivity contribution is -0.118. The molecule has 34 heavy (non-hydrogen) atoms. The van der Waals surface area contributed by atoms with Crippen LogP contribution in [0.4, 0.5) is 0 Å². The predicted molar refractivity (Wildman–Crippen MR) is 152 cm³/mol. The van der Waals surface area contributed by atoms with Gasteiger partial charge < -0.3 is 5.32 Å². The second-order valence-electron chi connectivity index (χ2n) is 7.92. The highest BCUT2D eigenvalue weighted by molar-refractivity contribution is 6.30. The Morgan fingerprint density at radius 3 is 2.12 bits per heavy atom.